The molecule has 0 heterocycles. The largest absolute Gasteiger partial charge is 0.469 e. The Kier molecular flexibility index (Phi) is 4.68. The Hall–Kier alpha value is -1.86. The van der Waals surface area contributed by atoms with Gasteiger partial charge in [0.15, 0.2) is 0 Å². The average Bonchev–Trinajstić information content (AvgIpc) is 2.37. The van der Waals surface area contributed by atoms with E-state index in [2.05, 4.69) is 10.8 Å². The highest BCUT2D eigenvalue weighted by atomic mass is 16.5. The first-order chi connectivity index (χ1) is 8.15. The van der Waals surface area contributed by atoms with Crippen LogP contribution in [-0.4, -0.2) is 13.1 Å². The lowest BCUT2D eigenvalue weighted by molar-refractivity contribution is -0.139. The number of carbonyl (C=O) groups excluding carboxylic acids is 1. The summed E-state index contributed by atoms with van der Waals surface area (Å²) in [5.74, 6) is -0.302. The maximum Gasteiger partial charge on any atom is 0.309 e. The van der Waals surface area contributed by atoms with E-state index in [4.69, 9.17) is 11.0 Å². The molecule has 90 valence electrons. The topological polar surface area (TPSA) is 76.1 Å². The third kappa shape index (κ3) is 3.05. The van der Waals surface area contributed by atoms with Gasteiger partial charge in [0.05, 0.1) is 25.2 Å². The van der Waals surface area contributed by atoms with Gasteiger partial charge in [0.1, 0.15) is 0 Å². The van der Waals surface area contributed by atoms with Gasteiger partial charge in [-0.25, -0.2) is 0 Å². The van der Waals surface area contributed by atoms with Crippen LogP contribution < -0.4 is 5.73 Å². The van der Waals surface area contributed by atoms with E-state index in [0.29, 0.717) is 12.1 Å². The van der Waals surface area contributed by atoms with Gasteiger partial charge in [-0.2, -0.15) is 5.26 Å². The van der Waals surface area contributed by atoms with Crippen LogP contribution in [0.1, 0.15) is 29.2 Å². The predicted octanol–water partition coefficient (Wildman–Crippen LogP) is 1.29. The lowest BCUT2D eigenvalue weighted by Crippen LogP contribution is -2.09. The summed E-state index contributed by atoms with van der Waals surface area (Å²) in [6.07, 6.45) is 0.990. The van der Waals surface area contributed by atoms with E-state index in [9.17, 15) is 4.79 Å². The Balaban J connectivity index is 3.20. The van der Waals surface area contributed by atoms with Crippen molar-refractivity contribution in [3.8, 4) is 6.07 Å². The van der Waals surface area contributed by atoms with E-state index in [1.54, 1.807) is 6.07 Å². The van der Waals surface area contributed by atoms with E-state index < -0.39 is 0 Å². The lowest BCUT2D eigenvalue weighted by Gasteiger charge is -2.10. The molecule has 0 aliphatic heterocycles. The van der Waals surface area contributed by atoms with E-state index in [0.717, 1.165) is 23.1 Å². The minimum Gasteiger partial charge on any atom is -0.469 e. The zero-order chi connectivity index (χ0) is 12.8. The number of nitrogens with zero attached hydrogens (tertiary/aromatic N) is 1. The summed E-state index contributed by atoms with van der Waals surface area (Å²) >= 11 is 0. The molecule has 0 radical (unpaired) electrons. The summed E-state index contributed by atoms with van der Waals surface area (Å²) in [4.78, 5) is 11.3. The second-order valence-corrected chi connectivity index (χ2v) is 3.70. The third-order valence-corrected chi connectivity index (χ3v) is 2.71. The molecule has 0 aliphatic rings. The number of nitrogens with two attached hydrogens (primary N) is 1. The van der Waals surface area contributed by atoms with E-state index in [1.165, 1.54) is 7.11 Å². The Morgan fingerprint density at radius 1 is 1.41 bits per heavy atom. The number of methoxy groups -OCH3 is 1. The van der Waals surface area contributed by atoms with E-state index in [1.807, 2.05) is 13.0 Å². The van der Waals surface area contributed by atoms with Gasteiger partial charge < -0.3 is 10.5 Å². The first kappa shape index (κ1) is 13.2. The van der Waals surface area contributed by atoms with Crippen LogP contribution in [0.4, 0.5) is 0 Å². The normalized spacial score (nSPS) is 9.76. The summed E-state index contributed by atoms with van der Waals surface area (Å²) in [5.41, 5.74) is 8.81. The third-order valence-electron chi connectivity index (χ3n) is 2.71. The van der Waals surface area contributed by atoms with E-state index >= 15 is 0 Å². The lowest BCUT2D eigenvalue weighted by atomic mass is 9.95. The molecule has 0 atom stereocenters. The zero-order valence-electron chi connectivity index (χ0n) is 10.1. The number of hydrogen-bond donors (Lipinski definition) is 1. The van der Waals surface area contributed by atoms with Gasteiger partial charge in [-0.15, -0.1) is 0 Å². The number of ether oxygens (including phenoxy) is 1. The minimum absolute atomic E-state index is 0.194. The molecule has 1 aromatic rings. The van der Waals surface area contributed by atoms with Crippen molar-refractivity contribution in [2.75, 3.05) is 7.11 Å². The molecule has 0 unspecified atom stereocenters. The quantitative estimate of drug-likeness (QED) is 0.794. The van der Waals surface area contributed by atoms with Crippen LogP contribution in [0.15, 0.2) is 12.1 Å². The molecule has 17 heavy (non-hydrogen) atoms. The molecular formula is C13H16N2O2. The molecule has 1 aromatic carbocycles. The summed E-state index contributed by atoms with van der Waals surface area (Å²) in [7, 11) is 1.35. The molecule has 0 amide bonds. The molecule has 0 spiro atoms. The number of hydrogen-bond acceptors (Lipinski definition) is 4. The molecule has 0 aromatic heterocycles. The number of aryl methyl sites for hydroxylation is 1. The van der Waals surface area contributed by atoms with Crippen LogP contribution in [0, 0.1) is 11.3 Å². The van der Waals surface area contributed by atoms with Crippen LogP contribution in [-0.2, 0) is 28.9 Å². The summed E-state index contributed by atoms with van der Waals surface area (Å²) in [5, 5.41) is 9.01. The van der Waals surface area contributed by atoms with Crippen molar-refractivity contribution >= 4 is 5.97 Å². The van der Waals surface area contributed by atoms with Crippen molar-refractivity contribution in [1.82, 2.24) is 0 Å². The standard InChI is InChI=1S/C13H16N2O2/c1-3-9-4-11(7-14)12(8-15)5-10(9)6-13(16)17-2/h4-5H,3,6-7,14H2,1-2H3. The van der Waals surface area contributed by atoms with Gasteiger partial charge in [0.2, 0.25) is 0 Å². The first-order valence-electron chi connectivity index (χ1n) is 5.47. The predicted molar refractivity (Wildman–Crippen MR) is 64.1 cm³/mol. The van der Waals surface area contributed by atoms with Gasteiger partial charge >= 0.3 is 5.97 Å². The molecule has 0 saturated heterocycles. The average molecular weight is 232 g/mol. The summed E-state index contributed by atoms with van der Waals surface area (Å²) in [6, 6.07) is 5.73. The van der Waals surface area contributed by atoms with E-state index in [-0.39, 0.29) is 12.4 Å². The number of esters is 1. The number of nitriles is 1. The van der Waals surface area contributed by atoms with Crippen LogP contribution in [0.25, 0.3) is 0 Å². The van der Waals surface area contributed by atoms with Gasteiger partial charge in [-0.05, 0) is 29.2 Å². The smallest absolute Gasteiger partial charge is 0.309 e. The molecule has 1 rings (SSSR count). The van der Waals surface area contributed by atoms with Crippen LogP contribution in [0.3, 0.4) is 0 Å². The number of rotatable bonds is 4. The van der Waals surface area contributed by atoms with Crippen molar-refractivity contribution in [3.63, 3.8) is 0 Å². The van der Waals surface area contributed by atoms with Crippen molar-refractivity contribution in [3.05, 3.63) is 34.4 Å². The molecule has 2 N–H and O–H groups in total. The van der Waals surface area contributed by atoms with Crippen LogP contribution >= 0.6 is 0 Å². The first-order valence-corrected chi connectivity index (χ1v) is 5.47. The zero-order valence-corrected chi connectivity index (χ0v) is 10.1. The highest BCUT2D eigenvalue weighted by Gasteiger charge is 2.11. The minimum atomic E-state index is -0.302. The van der Waals surface area contributed by atoms with Crippen molar-refractivity contribution in [1.29, 1.82) is 5.26 Å². The molecule has 4 heteroatoms. The highest BCUT2D eigenvalue weighted by Crippen LogP contribution is 2.18. The second-order valence-electron chi connectivity index (χ2n) is 3.70. The molecule has 4 nitrogen and oxygen atoms in total. The van der Waals surface area contributed by atoms with Crippen molar-refractivity contribution in [2.45, 2.75) is 26.3 Å². The van der Waals surface area contributed by atoms with Crippen molar-refractivity contribution < 1.29 is 9.53 Å². The second kappa shape index (κ2) is 6.02. The molecule has 0 aliphatic carbocycles. The Labute approximate surface area is 101 Å². The maximum atomic E-state index is 11.3. The summed E-state index contributed by atoms with van der Waals surface area (Å²) in [6.45, 7) is 2.33. The fourth-order valence-corrected chi connectivity index (χ4v) is 1.73. The Morgan fingerprint density at radius 2 is 2.12 bits per heavy atom. The fourth-order valence-electron chi connectivity index (χ4n) is 1.73. The van der Waals surface area contributed by atoms with Crippen LogP contribution in [0.5, 0.6) is 0 Å². The molecular weight excluding hydrogens is 216 g/mol. The van der Waals surface area contributed by atoms with Crippen molar-refractivity contribution in [2.24, 2.45) is 5.73 Å². The SMILES string of the molecule is CCc1cc(CN)c(C#N)cc1CC(=O)OC. The van der Waals surface area contributed by atoms with Gasteiger partial charge in [0.25, 0.3) is 0 Å². The Bertz CT molecular complexity index is 461. The fraction of sp³-hybridized carbons (Fsp3) is 0.385. The van der Waals surface area contributed by atoms with Crippen LogP contribution in [0.2, 0.25) is 0 Å². The van der Waals surface area contributed by atoms with Gasteiger partial charge in [-0.1, -0.05) is 13.0 Å². The van der Waals surface area contributed by atoms with Gasteiger partial charge in [-0.3, -0.25) is 4.79 Å². The molecule has 0 bridgehead atoms. The molecule has 0 fully saturated rings. The highest BCUT2D eigenvalue weighted by molar-refractivity contribution is 5.73. The number of benzene rings is 1. The summed E-state index contributed by atoms with van der Waals surface area (Å²) < 4.78 is 4.64. The number of carbonyl (C=O) groups is 1. The molecule has 0 saturated carbocycles. The Morgan fingerprint density at radius 3 is 2.59 bits per heavy atom. The monoisotopic (exact) mass is 232 g/mol. The maximum absolute atomic E-state index is 11.3. The van der Waals surface area contributed by atoms with Gasteiger partial charge in [0, 0.05) is 6.54 Å².